The second-order valence-electron chi connectivity index (χ2n) is 8.43. The summed E-state index contributed by atoms with van der Waals surface area (Å²) in [6.07, 6.45) is 2.49. The molecule has 2 aromatic carbocycles. The molecule has 4 aromatic rings. The van der Waals surface area contributed by atoms with Crippen molar-refractivity contribution < 1.29 is 23.0 Å². The molecule has 0 amide bonds. The van der Waals surface area contributed by atoms with Crippen molar-refractivity contribution in [2.24, 2.45) is 0 Å². The van der Waals surface area contributed by atoms with Gasteiger partial charge in [0.2, 0.25) is 0 Å². The van der Waals surface area contributed by atoms with E-state index in [0.29, 0.717) is 17.0 Å². The van der Waals surface area contributed by atoms with E-state index in [1.807, 2.05) is 49.4 Å². The Morgan fingerprint density at radius 3 is 2.41 bits per heavy atom. The zero-order valence-corrected chi connectivity index (χ0v) is 24.4. The molecule has 6 nitrogen and oxygen atoms in total. The van der Waals surface area contributed by atoms with E-state index in [1.165, 1.54) is 26.2 Å². The Morgan fingerprint density at radius 1 is 1.00 bits per heavy atom. The lowest BCUT2D eigenvalue weighted by molar-refractivity contribution is 0.0465. The van der Waals surface area contributed by atoms with Crippen molar-refractivity contribution in [3.8, 4) is 22.7 Å². The summed E-state index contributed by atoms with van der Waals surface area (Å²) >= 11 is 0. The van der Waals surface area contributed by atoms with E-state index in [2.05, 4.69) is 37.8 Å². The van der Waals surface area contributed by atoms with Crippen LogP contribution in [0.5, 0.6) is 5.75 Å². The Hall–Kier alpha value is -2.35. The maximum Gasteiger partial charge on any atom is 0.359 e. The van der Waals surface area contributed by atoms with Crippen molar-refractivity contribution in [1.82, 2.24) is 14.8 Å². The number of benzene rings is 2. The van der Waals surface area contributed by atoms with Gasteiger partial charge < -0.3 is 9.47 Å². The van der Waals surface area contributed by atoms with Crippen LogP contribution in [0.2, 0.25) is 0 Å². The van der Waals surface area contributed by atoms with E-state index in [0.717, 1.165) is 17.3 Å². The van der Waals surface area contributed by atoms with Crippen LogP contribution >= 0.6 is 37.0 Å². The summed E-state index contributed by atoms with van der Waals surface area (Å²) < 4.78 is 40.9. The first-order valence-corrected chi connectivity index (χ1v) is 13.3. The number of esters is 1. The maximum atomic E-state index is 14.0. The van der Waals surface area contributed by atoms with E-state index in [1.54, 1.807) is 12.1 Å². The van der Waals surface area contributed by atoms with E-state index >= 15 is 0 Å². The molecule has 4 atom stereocenters. The molecule has 0 saturated carbocycles. The van der Waals surface area contributed by atoms with Crippen molar-refractivity contribution in [2.75, 3.05) is 0 Å². The molecule has 37 heavy (non-hydrogen) atoms. The first kappa shape index (κ1) is 27.7. The molecule has 0 spiro atoms. The topological polar surface area (TPSA) is 66.2 Å². The number of aromatic nitrogens is 3. The molecule has 0 radical (unpaired) electrons. The Kier molecular flexibility index (Phi) is 8.36. The van der Waals surface area contributed by atoms with Gasteiger partial charge in [-0.1, -0.05) is 67.3 Å². The minimum Gasteiger partial charge on any atom is -0.476 e. The van der Waals surface area contributed by atoms with Gasteiger partial charge in [0, 0.05) is 17.3 Å². The Morgan fingerprint density at radius 2 is 1.73 bits per heavy atom. The fourth-order valence-electron chi connectivity index (χ4n) is 3.57. The van der Waals surface area contributed by atoms with Crippen molar-refractivity contribution >= 4 is 42.9 Å². The summed E-state index contributed by atoms with van der Waals surface area (Å²) in [5.41, 5.74) is -0.347. The average molecular weight is 577 g/mol. The average Bonchev–Trinajstić information content (AvgIpc) is 3.27. The number of nitrogens with zero attached hydrogens (tertiary/aromatic N) is 3. The summed E-state index contributed by atoms with van der Waals surface area (Å²) in [4.78, 5) is 16.2. The van der Waals surface area contributed by atoms with Crippen molar-refractivity contribution in [1.29, 1.82) is 0 Å². The number of rotatable bonds is 8. The molecule has 0 aliphatic heterocycles. The molecule has 0 aliphatic carbocycles. The summed E-state index contributed by atoms with van der Waals surface area (Å²) in [6.45, 7) is 1.97. The first-order valence-electron chi connectivity index (χ1n) is 11.0. The van der Waals surface area contributed by atoms with Crippen LogP contribution < -0.4 is 4.74 Å². The molecule has 4 rings (SSSR count). The number of aryl methyl sites for hydroxylation is 1. The number of carbonyl (C=O) groups excluding carboxylic acids is 1. The molecule has 0 aliphatic rings. The number of hydrogen-bond donors (Lipinski definition) is 0. The largest absolute Gasteiger partial charge is 0.476 e. The van der Waals surface area contributed by atoms with Gasteiger partial charge in [-0.2, -0.15) is 13.9 Å². The van der Waals surface area contributed by atoms with Crippen LogP contribution in [-0.4, -0.2) is 25.6 Å². The lowest BCUT2D eigenvalue weighted by atomic mass is 10.1. The van der Waals surface area contributed by atoms with Crippen LogP contribution in [0, 0.1) is 6.92 Å². The van der Waals surface area contributed by atoms with Crippen LogP contribution in [0.25, 0.3) is 16.9 Å². The molecule has 0 fully saturated rings. The van der Waals surface area contributed by atoms with E-state index < -0.39 is 16.5 Å². The van der Waals surface area contributed by atoms with Crippen LogP contribution in [0.4, 0.5) is 8.78 Å². The van der Waals surface area contributed by atoms with E-state index in [4.69, 9.17) is 9.47 Å². The fraction of sp³-hybridized carbons (Fsp3) is 0.160. The number of hydrogen-bond acceptors (Lipinski definition) is 5. The predicted molar refractivity (Wildman–Crippen MR) is 153 cm³/mol. The first-order chi connectivity index (χ1) is 17.4. The predicted octanol–water partition coefficient (Wildman–Crippen LogP) is 6.14. The SMILES string of the molecule is Cc1cc(OC(P)(P)P)cc(-c2cc(C(=O)OCc3ccccc3)nn2-c2cncc(C(F)(F)P)c2)c1. The molecular weight excluding hydrogens is 552 g/mol. The normalized spacial score (nSPS) is 11.9. The number of pyridine rings is 1. The molecule has 0 bridgehead atoms. The molecule has 192 valence electrons. The van der Waals surface area contributed by atoms with Gasteiger partial charge in [0.25, 0.3) is 5.66 Å². The highest BCUT2D eigenvalue weighted by molar-refractivity contribution is 7.56. The van der Waals surface area contributed by atoms with Gasteiger partial charge in [-0.25, -0.2) is 9.48 Å². The number of halogens is 2. The molecule has 2 aromatic heterocycles. The van der Waals surface area contributed by atoms with E-state index in [9.17, 15) is 13.6 Å². The highest BCUT2D eigenvalue weighted by atomic mass is 31.1. The van der Waals surface area contributed by atoms with Gasteiger partial charge >= 0.3 is 5.97 Å². The van der Waals surface area contributed by atoms with Crippen LogP contribution in [0.15, 0.2) is 73.1 Å². The smallest absolute Gasteiger partial charge is 0.359 e. The molecule has 0 N–H and O–H groups in total. The summed E-state index contributed by atoms with van der Waals surface area (Å²) in [6, 6.07) is 17.6. The highest BCUT2D eigenvalue weighted by Crippen LogP contribution is 2.39. The second-order valence-corrected chi connectivity index (χ2v) is 13.9. The third-order valence-corrected chi connectivity index (χ3v) is 5.81. The van der Waals surface area contributed by atoms with Gasteiger partial charge in [-0.05, 0) is 48.4 Å². The van der Waals surface area contributed by atoms with Gasteiger partial charge in [-0.15, -0.1) is 0 Å². The Bertz CT molecular complexity index is 1420. The van der Waals surface area contributed by atoms with Crippen molar-refractivity contribution in [3.63, 3.8) is 0 Å². The summed E-state index contributed by atoms with van der Waals surface area (Å²) in [5, 5.41) is 4.42. The lowest BCUT2D eigenvalue weighted by Gasteiger charge is -2.21. The third kappa shape index (κ3) is 7.37. The zero-order chi connectivity index (χ0) is 26.8. The standard InChI is InChI=1S/C25H25F2N3O3P4/c1-15-7-17(9-20(8-15)33-25(35,36)37)22-11-21(23(31)32-14-16-5-3-2-4-6-16)29-30(22)19-10-18(12-28-13-19)24(26,27)34/h2-13H,14,34-37H2,1H3. The molecular formula is C25H25F2N3O3P4. The molecule has 12 heteroatoms. The van der Waals surface area contributed by atoms with Gasteiger partial charge in [-0.3, -0.25) is 4.98 Å². The Labute approximate surface area is 222 Å². The van der Waals surface area contributed by atoms with Gasteiger partial charge in [0.1, 0.15) is 17.2 Å². The number of ether oxygens (including phenoxy) is 2. The minimum absolute atomic E-state index is 0.0235. The van der Waals surface area contributed by atoms with Crippen LogP contribution in [0.1, 0.15) is 27.2 Å². The summed E-state index contributed by atoms with van der Waals surface area (Å²) in [7, 11) is 9.15. The molecule has 0 saturated heterocycles. The minimum atomic E-state index is -3.18. The maximum absolute atomic E-state index is 14.0. The Balaban J connectivity index is 1.78. The summed E-state index contributed by atoms with van der Waals surface area (Å²) in [5.74, 6) is -0.0771. The third-order valence-electron chi connectivity index (χ3n) is 5.13. The van der Waals surface area contributed by atoms with Crippen molar-refractivity contribution in [2.45, 2.75) is 24.0 Å². The quantitative estimate of drug-likeness (QED) is 0.186. The van der Waals surface area contributed by atoms with Crippen LogP contribution in [0.3, 0.4) is 0 Å². The lowest BCUT2D eigenvalue weighted by Crippen LogP contribution is -2.10. The fourth-order valence-corrected chi connectivity index (χ4v) is 4.13. The number of alkyl halides is 2. The second kappa shape index (κ2) is 11.2. The monoisotopic (exact) mass is 577 g/mol. The van der Waals surface area contributed by atoms with E-state index in [-0.39, 0.29) is 23.6 Å². The van der Waals surface area contributed by atoms with Gasteiger partial charge in [0.15, 0.2) is 5.69 Å². The van der Waals surface area contributed by atoms with Crippen LogP contribution in [-0.2, 0) is 17.0 Å². The van der Waals surface area contributed by atoms with Crippen molar-refractivity contribution in [3.05, 3.63) is 95.4 Å². The number of carbonyl (C=O) groups is 1. The molecule has 4 unspecified atom stereocenters. The highest BCUT2D eigenvalue weighted by Gasteiger charge is 2.26. The zero-order valence-electron chi connectivity index (χ0n) is 19.8. The van der Waals surface area contributed by atoms with Gasteiger partial charge in [0.05, 0.1) is 17.6 Å². The molecule has 2 heterocycles.